The molecule has 6 nitrogen and oxygen atoms in total. The van der Waals surface area contributed by atoms with Crippen molar-refractivity contribution in [3.8, 4) is 0 Å². The average Bonchev–Trinajstić information content (AvgIpc) is 2.46. The zero-order valence-electron chi connectivity index (χ0n) is 12.5. The molecule has 0 unspecified atom stereocenters. The van der Waals surface area contributed by atoms with Crippen LogP contribution in [0.2, 0.25) is 0 Å². The molecule has 0 aliphatic carbocycles. The Morgan fingerprint density at radius 2 is 2.25 bits per heavy atom. The van der Waals surface area contributed by atoms with E-state index in [9.17, 15) is 4.79 Å². The van der Waals surface area contributed by atoms with Gasteiger partial charge in [-0.3, -0.25) is 4.79 Å². The monoisotopic (exact) mass is 278 g/mol. The molecule has 1 aromatic heterocycles. The first-order chi connectivity index (χ1) is 9.49. The number of carbonyl (C=O) groups is 1. The summed E-state index contributed by atoms with van der Waals surface area (Å²) in [4.78, 5) is 24.5. The summed E-state index contributed by atoms with van der Waals surface area (Å²) in [6.45, 7) is 5.59. The van der Waals surface area contributed by atoms with Gasteiger partial charge in [-0.1, -0.05) is 13.8 Å². The van der Waals surface area contributed by atoms with E-state index in [1.807, 2.05) is 43.8 Å². The average molecular weight is 278 g/mol. The lowest BCUT2D eigenvalue weighted by atomic mass is 10.1. The molecule has 1 aliphatic heterocycles. The normalized spacial score (nSPS) is 19.2. The maximum absolute atomic E-state index is 12.1. The molecule has 6 heteroatoms. The lowest BCUT2D eigenvalue weighted by Gasteiger charge is -2.33. The number of ether oxygens (including phenoxy) is 1. The van der Waals surface area contributed by atoms with Gasteiger partial charge >= 0.3 is 0 Å². The van der Waals surface area contributed by atoms with Gasteiger partial charge in [0.05, 0.1) is 18.8 Å². The lowest BCUT2D eigenvalue weighted by Crippen LogP contribution is -2.44. The zero-order valence-corrected chi connectivity index (χ0v) is 12.5. The molecule has 1 atom stereocenters. The number of rotatable bonds is 3. The molecular formula is C14H22N4O2. The molecular weight excluding hydrogens is 256 g/mol. The number of nitrogens with zero attached hydrogens (tertiary/aromatic N) is 4. The highest BCUT2D eigenvalue weighted by Gasteiger charge is 2.27. The van der Waals surface area contributed by atoms with E-state index in [2.05, 4.69) is 9.97 Å². The van der Waals surface area contributed by atoms with Crippen molar-refractivity contribution in [1.29, 1.82) is 0 Å². The van der Waals surface area contributed by atoms with Crippen molar-refractivity contribution in [2.45, 2.75) is 20.0 Å². The molecule has 20 heavy (non-hydrogen) atoms. The SMILES string of the molecule is CC(C)C(=O)N1CCO[C@@H](c2ccnc(N(C)C)n2)C1. The Labute approximate surface area is 119 Å². The van der Waals surface area contributed by atoms with Gasteiger partial charge in [0.25, 0.3) is 0 Å². The van der Waals surface area contributed by atoms with Crippen LogP contribution in [0.3, 0.4) is 0 Å². The smallest absolute Gasteiger partial charge is 0.225 e. The van der Waals surface area contributed by atoms with E-state index in [0.29, 0.717) is 25.6 Å². The van der Waals surface area contributed by atoms with E-state index in [1.165, 1.54) is 0 Å². The van der Waals surface area contributed by atoms with Crippen molar-refractivity contribution in [3.63, 3.8) is 0 Å². The fraction of sp³-hybridized carbons (Fsp3) is 0.643. The van der Waals surface area contributed by atoms with Gasteiger partial charge in [0.15, 0.2) is 0 Å². The Morgan fingerprint density at radius 3 is 2.90 bits per heavy atom. The third kappa shape index (κ3) is 3.25. The van der Waals surface area contributed by atoms with Gasteiger partial charge in [-0.2, -0.15) is 0 Å². The number of anilines is 1. The standard InChI is InChI=1S/C14H22N4O2/c1-10(2)13(19)18-7-8-20-12(9-18)11-5-6-15-14(16-11)17(3)4/h5-6,10,12H,7-9H2,1-4H3/t12-/m1/s1. The molecule has 0 radical (unpaired) electrons. The number of hydrogen-bond acceptors (Lipinski definition) is 5. The van der Waals surface area contributed by atoms with Crippen LogP contribution < -0.4 is 4.90 Å². The van der Waals surface area contributed by atoms with Gasteiger partial charge in [-0.25, -0.2) is 9.97 Å². The van der Waals surface area contributed by atoms with Gasteiger partial charge < -0.3 is 14.5 Å². The summed E-state index contributed by atoms with van der Waals surface area (Å²) in [5.41, 5.74) is 0.824. The van der Waals surface area contributed by atoms with Crippen LogP contribution in [0.15, 0.2) is 12.3 Å². The Kier molecular flexibility index (Phi) is 4.54. The summed E-state index contributed by atoms with van der Waals surface area (Å²) in [5.74, 6) is 0.829. The Morgan fingerprint density at radius 1 is 1.50 bits per heavy atom. The van der Waals surface area contributed by atoms with Gasteiger partial charge in [0.1, 0.15) is 6.10 Å². The predicted octanol–water partition coefficient (Wildman–Crippen LogP) is 1.10. The highest BCUT2D eigenvalue weighted by atomic mass is 16.5. The van der Waals surface area contributed by atoms with Gasteiger partial charge in [-0.05, 0) is 6.07 Å². The van der Waals surface area contributed by atoms with Crippen LogP contribution in [0.4, 0.5) is 5.95 Å². The number of amides is 1. The number of hydrogen-bond donors (Lipinski definition) is 0. The first kappa shape index (κ1) is 14.7. The lowest BCUT2D eigenvalue weighted by molar-refractivity contribution is -0.142. The van der Waals surface area contributed by atoms with E-state index in [4.69, 9.17) is 4.74 Å². The molecule has 1 amide bonds. The molecule has 2 heterocycles. The maximum Gasteiger partial charge on any atom is 0.225 e. The molecule has 0 bridgehead atoms. The molecule has 1 aliphatic rings. The fourth-order valence-electron chi connectivity index (χ4n) is 2.15. The Bertz CT molecular complexity index is 476. The van der Waals surface area contributed by atoms with Gasteiger partial charge in [-0.15, -0.1) is 0 Å². The molecule has 1 aromatic rings. The molecule has 0 N–H and O–H groups in total. The van der Waals surface area contributed by atoms with Crippen LogP contribution in [0.5, 0.6) is 0 Å². The van der Waals surface area contributed by atoms with Crippen molar-refractivity contribution in [1.82, 2.24) is 14.9 Å². The highest BCUT2D eigenvalue weighted by molar-refractivity contribution is 5.78. The second kappa shape index (κ2) is 6.17. The third-order valence-corrected chi connectivity index (χ3v) is 3.27. The Hall–Kier alpha value is -1.69. The van der Waals surface area contributed by atoms with Crippen LogP contribution in [0.1, 0.15) is 25.6 Å². The summed E-state index contributed by atoms with van der Waals surface area (Å²) < 4.78 is 5.76. The molecule has 1 saturated heterocycles. The summed E-state index contributed by atoms with van der Waals surface area (Å²) in [6, 6.07) is 1.85. The first-order valence-electron chi connectivity index (χ1n) is 6.89. The minimum Gasteiger partial charge on any atom is -0.368 e. The molecule has 1 fully saturated rings. The van der Waals surface area contributed by atoms with Gasteiger partial charge in [0.2, 0.25) is 11.9 Å². The zero-order chi connectivity index (χ0) is 14.7. The first-order valence-corrected chi connectivity index (χ1v) is 6.89. The van der Waals surface area contributed by atoms with Crippen molar-refractivity contribution in [2.24, 2.45) is 5.92 Å². The molecule has 2 rings (SSSR count). The summed E-state index contributed by atoms with van der Waals surface area (Å²) >= 11 is 0. The minimum atomic E-state index is -0.173. The molecule has 0 saturated carbocycles. The summed E-state index contributed by atoms with van der Waals surface area (Å²) in [7, 11) is 3.80. The van der Waals surface area contributed by atoms with Crippen molar-refractivity contribution in [2.75, 3.05) is 38.7 Å². The second-order valence-electron chi connectivity index (χ2n) is 5.47. The molecule has 0 aromatic carbocycles. The van der Waals surface area contributed by atoms with Crippen LogP contribution in [0.25, 0.3) is 0 Å². The largest absolute Gasteiger partial charge is 0.368 e. The van der Waals surface area contributed by atoms with E-state index in [-0.39, 0.29) is 17.9 Å². The molecule has 0 spiro atoms. The predicted molar refractivity (Wildman–Crippen MR) is 76.5 cm³/mol. The van der Waals surface area contributed by atoms with E-state index in [1.54, 1.807) is 6.20 Å². The number of aromatic nitrogens is 2. The van der Waals surface area contributed by atoms with Crippen LogP contribution in [0, 0.1) is 5.92 Å². The maximum atomic E-state index is 12.1. The molecule has 110 valence electrons. The summed E-state index contributed by atoms with van der Waals surface area (Å²) in [6.07, 6.45) is 1.55. The van der Waals surface area contributed by atoms with Crippen LogP contribution >= 0.6 is 0 Å². The topological polar surface area (TPSA) is 58.6 Å². The quantitative estimate of drug-likeness (QED) is 0.828. The van der Waals surface area contributed by atoms with Crippen molar-refractivity contribution in [3.05, 3.63) is 18.0 Å². The van der Waals surface area contributed by atoms with Crippen molar-refractivity contribution >= 4 is 11.9 Å². The Balaban J connectivity index is 2.12. The third-order valence-electron chi connectivity index (χ3n) is 3.27. The van der Waals surface area contributed by atoms with E-state index in [0.717, 1.165) is 5.69 Å². The van der Waals surface area contributed by atoms with Gasteiger partial charge in [0, 0.05) is 32.8 Å². The van der Waals surface area contributed by atoms with Crippen molar-refractivity contribution < 1.29 is 9.53 Å². The number of carbonyl (C=O) groups excluding carboxylic acids is 1. The second-order valence-corrected chi connectivity index (χ2v) is 5.47. The number of morpholine rings is 1. The summed E-state index contributed by atoms with van der Waals surface area (Å²) in [5, 5.41) is 0. The van der Waals surface area contributed by atoms with Crippen LogP contribution in [-0.2, 0) is 9.53 Å². The fourth-order valence-corrected chi connectivity index (χ4v) is 2.15. The van der Waals surface area contributed by atoms with E-state index >= 15 is 0 Å². The highest BCUT2D eigenvalue weighted by Crippen LogP contribution is 2.22. The van der Waals surface area contributed by atoms with E-state index < -0.39 is 0 Å². The van der Waals surface area contributed by atoms with Crippen LogP contribution in [-0.4, -0.2) is 54.6 Å². The minimum absolute atomic E-state index is 0.0106.